The third kappa shape index (κ3) is 5.26. The number of rotatable bonds is 7. The van der Waals surface area contributed by atoms with Gasteiger partial charge in [0.25, 0.3) is 11.8 Å². The second-order valence-corrected chi connectivity index (χ2v) is 10.8. The van der Waals surface area contributed by atoms with Gasteiger partial charge in [-0.05, 0) is 29.7 Å². The largest absolute Gasteiger partial charge is 0.332 e. The number of carbonyl (C=O) groups excluding carboxylic acids is 2. The molecule has 4 aromatic rings. The molecular weight excluding hydrogens is 540 g/mol. The van der Waals surface area contributed by atoms with Gasteiger partial charge in [-0.15, -0.1) is 0 Å². The molecule has 0 radical (unpaired) electrons. The molecule has 0 aliphatic carbocycles. The second kappa shape index (κ2) is 11.5. The summed E-state index contributed by atoms with van der Waals surface area (Å²) in [5.74, 6) is 0.674. The van der Waals surface area contributed by atoms with Crippen LogP contribution in [0.3, 0.4) is 0 Å². The van der Waals surface area contributed by atoms with Crippen molar-refractivity contribution < 1.29 is 9.59 Å². The summed E-state index contributed by atoms with van der Waals surface area (Å²) in [6, 6.07) is 11.4. The molecule has 11 heteroatoms. The van der Waals surface area contributed by atoms with Gasteiger partial charge in [-0.2, -0.15) is 0 Å². The number of hydrogen-bond acceptors (Lipinski definition) is 6. The van der Waals surface area contributed by atoms with E-state index in [1.165, 1.54) is 0 Å². The lowest BCUT2D eigenvalue weighted by atomic mass is 9.94. The van der Waals surface area contributed by atoms with Gasteiger partial charge < -0.3 is 30.4 Å². The van der Waals surface area contributed by atoms with E-state index in [9.17, 15) is 9.59 Å². The standard InChI is InChI=1S/C30H33ClN8O2/c1-3-6-19-18(7-4-9-21(19)36-30(41)28-35-23-15-32-12-11-25(23)38(28)2)20-8-5-10-22(27(20)31)37-29(40)24-17-39-14-13-33-16-26(39)34-24/h4-5,7-10,17,32-33H,3,6,11-16H2,1-2H3,(H,36,41)(H,37,40). The minimum atomic E-state index is -0.311. The molecule has 0 unspecified atom stereocenters. The molecule has 2 aliphatic heterocycles. The molecule has 0 bridgehead atoms. The lowest BCUT2D eigenvalue weighted by Crippen LogP contribution is -2.27. The first kappa shape index (κ1) is 27.2. The highest BCUT2D eigenvalue weighted by molar-refractivity contribution is 6.36. The summed E-state index contributed by atoms with van der Waals surface area (Å²) in [4.78, 5) is 35.6. The minimum Gasteiger partial charge on any atom is -0.332 e. The molecule has 0 spiro atoms. The Hall–Kier alpha value is -3.99. The maximum Gasteiger partial charge on any atom is 0.291 e. The van der Waals surface area contributed by atoms with Gasteiger partial charge in [0, 0.05) is 62.8 Å². The number of imidazole rings is 2. The van der Waals surface area contributed by atoms with Gasteiger partial charge in [-0.1, -0.05) is 49.2 Å². The van der Waals surface area contributed by atoms with Crippen molar-refractivity contribution >= 4 is 34.8 Å². The molecule has 2 aliphatic rings. The summed E-state index contributed by atoms with van der Waals surface area (Å²) in [5.41, 5.74) is 6.24. The summed E-state index contributed by atoms with van der Waals surface area (Å²) < 4.78 is 3.89. The van der Waals surface area contributed by atoms with Crippen LogP contribution in [0, 0.1) is 0 Å². The Morgan fingerprint density at radius 2 is 1.73 bits per heavy atom. The number of amides is 2. The van der Waals surface area contributed by atoms with E-state index in [0.29, 0.717) is 35.3 Å². The number of fused-ring (bicyclic) bond motifs is 2. The van der Waals surface area contributed by atoms with Crippen LogP contribution in [-0.2, 0) is 39.5 Å². The van der Waals surface area contributed by atoms with Crippen molar-refractivity contribution in [2.24, 2.45) is 7.05 Å². The predicted molar refractivity (Wildman–Crippen MR) is 159 cm³/mol. The molecule has 0 fully saturated rings. The zero-order chi connectivity index (χ0) is 28.5. The van der Waals surface area contributed by atoms with Crippen LogP contribution in [0.4, 0.5) is 11.4 Å². The Balaban J connectivity index is 1.29. The summed E-state index contributed by atoms with van der Waals surface area (Å²) in [6.07, 6.45) is 4.22. The molecule has 0 saturated heterocycles. The molecule has 2 amide bonds. The van der Waals surface area contributed by atoms with Crippen LogP contribution in [0.5, 0.6) is 0 Å². The molecule has 2 aromatic carbocycles. The molecule has 4 N–H and O–H groups in total. The number of carbonyl (C=O) groups is 2. The zero-order valence-electron chi connectivity index (χ0n) is 23.2. The minimum absolute atomic E-state index is 0.249. The molecule has 0 atom stereocenters. The molecule has 10 nitrogen and oxygen atoms in total. The van der Waals surface area contributed by atoms with Crippen molar-refractivity contribution in [2.45, 2.75) is 45.8 Å². The number of hydrogen-bond donors (Lipinski definition) is 4. The normalized spacial score (nSPS) is 14.3. The molecule has 41 heavy (non-hydrogen) atoms. The summed E-state index contributed by atoms with van der Waals surface area (Å²) >= 11 is 6.92. The van der Waals surface area contributed by atoms with Crippen LogP contribution in [0.15, 0.2) is 42.6 Å². The van der Waals surface area contributed by atoms with E-state index in [2.05, 4.69) is 38.2 Å². The van der Waals surface area contributed by atoms with Crippen LogP contribution in [0.25, 0.3) is 11.1 Å². The monoisotopic (exact) mass is 572 g/mol. The number of nitrogens with one attached hydrogen (secondary N) is 4. The highest BCUT2D eigenvalue weighted by atomic mass is 35.5. The highest BCUT2D eigenvalue weighted by Crippen LogP contribution is 2.38. The fraction of sp³-hybridized carbons (Fsp3) is 0.333. The van der Waals surface area contributed by atoms with E-state index < -0.39 is 0 Å². The van der Waals surface area contributed by atoms with Gasteiger partial charge in [0.2, 0.25) is 0 Å². The number of benzene rings is 2. The molecular formula is C30H33ClN8O2. The quantitative estimate of drug-likeness (QED) is 0.264. The highest BCUT2D eigenvalue weighted by Gasteiger charge is 2.24. The van der Waals surface area contributed by atoms with Crippen molar-refractivity contribution in [3.05, 3.63) is 81.9 Å². The molecule has 0 saturated carbocycles. The third-order valence-electron chi connectivity index (χ3n) is 7.70. The Morgan fingerprint density at radius 3 is 2.51 bits per heavy atom. The van der Waals surface area contributed by atoms with E-state index in [1.54, 1.807) is 12.3 Å². The van der Waals surface area contributed by atoms with E-state index >= 15 is 0 Å². The van der Waals surface area contributed by atoms with Crippen molar-refractivity contribution in [1.29, 1.82) is 0 Å². The van der Waals surface area contributed by atoms with Gasteiger partial charge in [-0.25, -0.2) is 9.97 Å². The molecule has 212 valence electrons. The number of anilines is 2. The fourth-order valence-electron chi connectivity index (χ4n) is 5.63. The van der Waals surface area contributed by atoms with Gasteiger partial charge in [0.15, 0.2) is 5.82 Å². The summed E-state index contributed by atoms with van der Waals surface area (Å²) in [7, 11) is 1.89. The van der Waals surface area contributed by atoms with Gasteiger partial charge >= 0.3 is 0 Å². The van der Waals surface area contributed by atoms with Gasteiger partial charge in [-0.3, -0.25) is 9.59 Å². The molecule has 6 rings (SSSR count). The van der Waals surface area contributed by atoms with Gasteiger partial charge in [0.1, 0.15) is 11.5 Å². The lowest BCUT2D eigenvalue weighted by Gasteiger charge is -2.18. The Labute approximate surface area is 243 Å². The van der Waals surface area contributed by atoms with Crippen LogP contribution >= 0.6 is 11.6 Å². The SMILES string of the molecule is CCCc1c(NC(=O)c2nc3c(n2C)CCNC3)cccc1-c1cccc(NC(=O)c2cn3c(n2)CNCC3)c1Cl. The van der Waals surface area contributed by atoms with Crippen LogP contribution < -0.4 is 21.3 Å². The number of halogens is 1. The fourth-order valence-corrected chi connectivity index (χ4v) is 5.91. The smallest absolute Gasteiger partial charge is 0.291 e. The summed E-state index contributed by atoms with van der Waals surface area (Å²) in [5, 5.41) is 13.1. The Bertz CT molecular complexity index is 1620. The molecule has 2 aromatic heterocycles. The Morgan fingerprint density at radius 1 is 0.976 bits per heavy atom. The van der Waals surface area contributed by atoms with Crippen molar-refractivity contribution in [1.82, 2.24) is 29.7 Å². The van der Waals surface area contributed by atoms with E-state index in [1.807, 2.05) is 46.5 Å². The van der Waals surface area contributed by atoms with E-state index in [4.69, 9.17) is 11.6 Å². The second-order valence-electron chi connectivity index (χ2n) is 10.4. The third-order valence-corrected chi connectivity index (χ3v) is 8.10. The van der Waals surface area contributed by atoms with Crippen molar-refractivity contribution in [2.75, 3.05) is 23.7 Å². The van der Waals surface area contributed by atoms with Crippen LogP contribution in [0.2, 0.25) is 5.02 Å². The summed E-state index contributed by atoms with van der Waals surface area (Å²) in [6.45, 7) is 5.89. The first-order chi connectivity index (χ1) is 19.9. The molecule has 4 heterocycles. The van der Waals surface area contributed by atoms with Crippen molar-refractivity contribution in [3.63, 3.8) is 0 Å². The van der Waals surface area contributed by atoms with E-state index in [-0.39, 0.29) is 11.8 Å². The lowest BCUT2D eigenvalue weighted by molar-refractivity contribution is 0.100. The first-order valence-electron chi connectivity index (χ1n) is 14.0. The number of nitrogens with zero attached hydrogens (tertiary/aromatic N) is 4. The van der Waals surface area contributed by atoms with Crippen LogP contribution in [0.1, 0.15) is 57.2 Å². The average molecular weight is 573 g/mol. The topological polar surface area (TPSA) is 118 Å². The van der Waals surface area contributed by atoms with Gasteiger partial charge in [0.05, 0.1) is 22.9 Å². The number of aromatic nitrogens is 4. The first-order valence-corrected chi connectivity index (χ1v) is 14.4. The maximum atomic E-state index is 13.4. The predicted octanol–water partition coefficient (Wildman–Crippen LogP) is 4.14. The average Bonchev–Trinajstić information content (AvgIpc) is 3.57. The van der Waals surface area contributed by atoms with E-state index in [0.717, 1.165) is 78.5 Å². The van der Waals surface area contributed by atoms with Crippen LogP contribution in [-0.4, -0.2) is 44.0 Å². The zero-order valence-corrected chi connectivity index (χ0v) is 23.9. The van der Waals surface area contributed by atoms with Crippen molar-refractivity contribution in [3.8, 4) is 11.1 Å². The maximum absolute atomic E-state index is 13.4. The Kier molecular flexibility index (Phi) is 7.61.